The molecule has 1 unspecified atom stereocenters. The van der Waals surface area contributed by atoms with Gasteiger partial charge in [0, 0.05) is 24.2 Å². The molecule has 0 fully saturated rings. The van der Waals surface area contributed by atoms with Crippen LogP contribution in [0, 0.1) is 0 Å². The number of benzene rings is 1. The number of methoxy groups -OCH3 is 3. The zero-order valence-corrected chi connectivity index (χ0v) is 16.3. The molecule has 1 aliphatic heterocycles. The van der Waals surface area contributed by atoms with Crippen molar-refractivity contribution in [3.05, 3.63) is 41.5 Å². The highest BCUT2D eigenvalue weighted by molar-refractivity contribution is 5.84. The topological polar surface area (TPSA) is 106 Å². The molecule has 9 heteroatoms. The van der Waals surface area contributed by atoms with Crippen LogP contribution in [0.4, 0.5) is 4.79 Å². The fraction of sp³-hybridized carbons (Fsp3) is 0.421. The van der Waals surface area contributed by atoms with Crippen LogP contribution in [-0.4, -0.2) is 60.8 Å². The minimum Gasteiger partial charge on any atom is -0.497 e. The van der Waals surface area contributed by atoms with Gasteiger partial charge in [-0.3, -0.25) is 0 Å². The number of ether oxygens (including phenoxy) is 3. The third-order valence-corrected chi connectivity index (χ3v) is 4.81. The van der Waals surface area contributed by atoms with Crippen molar-refractivity contribution in [1.82, 2.24) is 20.2 Å². The van der Waals surface area contributed by atoms with Crippen LogP contribution in [0.3, 0.4) is 0 Å². The number of rotatable bonds is 5. The molecular formula is C19H24N4O5. The van der Waals surface area contributed by atoms with Crippen molar-refractivity contribution in [2.45, 2.75) is 25.4 Å². The van der Waals surface area contributed by atoms with Gasteiger partial charge in [0.15, 0.2) is 0 Å². The Kier molecular flexibility index (Phi) is 5.72. The summed E-state index contributed by atoms with van der Waals surface area (Å²) in [6.07, 6.45) is 2.24. The van der Waals surface area contributed by atoms with Gasteiger partial charge in [-0.25, -0.2) is 14.6 Å². The lowest BCUT2D eigenvalue weighted by molar-refractivity contribution is -0.142. The molecule has 1 aromatic carbocycles. The number of esters is 1. The summed E-state index contributed by atoms with van der Waals surface area (Å²) in [4.78, 5) is 33.9. The normalized spacial score (nSPS) is 16.7. The van der Waals surface area contributed by atoms with Gasteiger partial charge in [-0.15, -0.1) is 0 Å². The van der Waals surface area contributed by atoms with Crippen molar-refractivity contribution in [1.29, 1.82) is 0 Å². The predicted molar refractivity (Wildman–Crippen MR) is 100 cm³/mol. The van der Waals surface area contributed by atoms with Crippen LogP contribution in [-0.2, 0) is 16.0 Å². The second-order valence-corrected chi connectivity index (χ2v) is 6.41. The highest BCUT2D eigenvalue weighted by atomic mass is 16.5. The highest BCUT2D eigenvalue weighted by Crippen LogP contribution is 2.39. The van der Waals surface area contributed by atoms with Gasteiger partial charge >= 0.3 is 12.0 Å². The number of imidazole rings is 1. The van der Waals surface area contributed by atoms with E-state index in [-0.39, 0.29) is 6.03 Å². The standard InChI is InChI=1S/C19H24N4O5/c1-11(18(24)28-4)22-19(25)23-8-7-14-16(21-10-20-14)17(23)13-9-12(26-2)5-6-15(13)27-3/h5-6,9-11,17H,7-8H2,1-4H3,(H,20,21)(H,22,25)/t11-,17?/m0/s1. The van der Waals surface area contributed by atoms with Crippen LogP contribution in [0.25, 0.3) is 0 Å². The van der Waals surface area contributed by atoms with Gasteiger partial charge < -0.3 is 29.4 Å². The van der Waals surface area contributed by atoms with Gasteiger partial charge in [0.1, 0.15) is 23.6 Å². The maximum Gasteiger partial charge on any atom is 0.328 e. The largest absolute Gasteiger partial charge is 0.497 e. The van der Waals surface area contributed by atoms with E-state index in [1.54, 1.807) is 44.5 Å². The summed E-state index contributed by atoms with van der Waals surface area (Å²) in [5.41, 5.74) is 2.44. The Hall–Kier alpha value is -3.23. The summed E-state index contributed by atoms with van der Waals surface area (Å²) in [5.74, 6) is 0.739. The maximum atomic E-state index is 13.0. The first kappa shape index (κ1) is 19.5. The first-order chi connectivity index (χ1) is 13.5. The van der Waals surface area contributed by atoms with E-state index < -0.39 is 18.1 Å². The van der Waals surface area contributed by atoms with Gasteiger partial charge in [-0.05, 0) is 25.1 Å². The Morgan fingerprint density at radius 2 is 2.07 bits per heavy atom. The fourth-order valence-electron chi connectivity index (χ4n) is 3.37. The second-order valence-electron chi connectivity index (χ2n) is 6.41. The van der Waals surface area contributed by atoms with Gasteiger partial charge in [0.25, 0.3) is 0 Å². The number of carbonyl (C=O) groups is 2. The quantitative estimate of drug-likeness (QED) is 0.755. The van der Waals surface area contributed by atoms with E-state index in [1.807, 2.05) is 6.07 Å². The first-order valence-electron chi connectivity index (χ1n) is 8.89. The van der Waals surface area contributed by atoms with E-state index in [4.69, 9.17) is 14.2 Å². The molecule has 150 valence electrons. The van der Waals surface area contributed by atoms with Crippen molar-refractivity contribution < 1.29 is 23.8 Å². The third kappa shape index (κ3) is 3.60. The number of aromatic nitrogens is 2. The summed E-state index contributed by atoms with van der Waals surface area (Å²) >= 11 is 0. The molecule has 9 nitrogen and oxygen atoms in total. The van der Waals surface area contributed by atoms with E-state index in [0.29, 0.717) is 24.5 Å². The molecule has 0 saturated heterocycles. The van der Waals surface area contributed by atoms with Gasteiger partial charge in [0.2, 0.25) is 0 Å². The van der Waals surface area contributed by atoms with E-state index in [0.717, 1.165) is 17.0 Å². The summed E-state index contributed by atoms with van der Waals surface area (Å²) < 4.78 is 15.6. The number of hydrogen-bond acceptors (Lipinski definition) is 6. The molecule has 2 atom stereocenters. The molecule has 3 rings (SSSR count). The van der Waals surface area contributed by atoms with Crippen LogP contribution in [0.2, 0.25) is 0 Å². The van der Waals surface area contributed by atoms with E-state index in [1.165, 1.54) is 7.11 Å². The zero-order valence-electron chi connectivity index (χ0n) is 16.3. The number of amides is 2. The number of hydrogen-bond donors (Lipinski definition) is 2. The molecule has 2 heterocycles. The maximum absolute atomic E-state index is 13.0. The summed E-state index contributed by atoms with van der Waals surface area (Å²) in [6.45, 7) is 2.02. The van der Waals surface area contributed by atoms with Gasteiger partial charge in [-0.2, -0.15) is 0 Å². The summed E-state index contributed by atoms with van der Waals surface area (Å²) in [5, 5.41) is 2.69. The Morgan fingerprint density at radius 3 is 2.75 bits per heavy atom. The number of fused-ring (bicyclic) bond motifs is 1. The van der Waals surface area contributed by atoms with Crippen LogP contribution < -0.4 is 14.8 Å². The second kappa shape index (κ2) is 8.20. The number of carbonyl (C=O) groups excluding carboxylic acids is 2. The van der Waals surface area contributed by atoms with Gasteiger partial charge in [0.05, 0.1) is 33.4 Å². The number of aromatic amines is 1. The SMILES string of the molecule is COC(=O)[C@H](C)NC(=O)N1CCc2[nH]cnc2C1c1cc(OC)ccc1OC. The van der Waals surface area contributed by atoms with Crippen molar-refractivity contribution >= 4 is 12.0 Å². The van der Waals surface area contributed by atoms with Crippen molar-refractivity contribution in [2.24, 2.45) is 0 Å². The molecule has 2 N–H and O–H groups in total. The van der Waals surface area contributed by atoms with Crippen LogP contribution >= 0.6 is 0 Å². The minimum absolute atomic E-state index is 0.388. The monoisotopic (exact) mass is 388 g/mol. The Labute approximate surface area is 163 Å². The van der Waals surface area contributed by atoms with Gasteiger partial charge in [-0.1, -0.05) is 0 Å². The molecular weight excluding hydrogens is 364 g/mol. The number of nitrogens with zero attached hydrogens (tertiary/aromatic N) is 2. The first-order valence-corrected chi connectivity index (χ1v) is 8.89. The lowest BCUT2D eigenvalue weighted by Gasteiger charge is -2.36. The average Bonchev–Trinajstić information content (AvgIpc) is 3.20. The highest BCUT2D eigenvalue weighted by Gasteiger charge is 2.37. The number of nitrogens with one attached hydrogen (secondary N) is 2. The Balaban J connectivity index is 2.02. The van der Waals surface area contributed by atoms with Crippen LogP contribution in [0.1, 0.15) is 29.9 Å². The molecule has 28 heavy (non-hydrogen) atoms. The molecule has 0 bridgehead atoms. The minimum atomic E-state index is -0.772. The van der Waals surface area contributed by atoms with Crippen molar-refractivity contribution in [3.8, 4) is 11.5 Å². The number of urea groups is 1. The zero-order chi connectivity index (χ0) is 20.3. The lowest BCUT2D eigenvalue weighted by Crippen LogP contribution is -2.50. The molecule has 0 aliphatic carbocycles. The van der Waals surface area contributed by atoms with E-state index >= 15 is 0 Å². The summed E-state index contributed by atoms with van der Waals surface area (Å²) in [6, 6.07) is 3.76. The van der Waals surface area contributed by atoms with Crippen LogP contribution in [0.5, 0.6) is 11.5 Å². The smallest absolute Gasteiger partial charge is 0.328 e. The van der Waals surface area contributed by atoms with Crippen LogP contribution in [0.15, 0.2) is 24.5 Å². The molecule has 2 amide bonds. The molecule has 0 spiro atoms. The predicted octanol–water partition coefficient (Wildman–Crippen LogP) is 1.65. The van der Waals surface area contributed by atoms with E-state index in [9.17, 15) is 9.59 Å². The third-order valence-electron chi connectivity index (χ3n) is 4.81. The Morgan fingerprint density at radius 1 is 1.29 bits per heavy atom. The molecule has 2 aromatic rings. The average molecular weight is 388 g/mol. The summed E-state index contributed by atoms with van der Waals surface area (Å²) in [7, 11) is 4.43. The molecule has 1 aromatic heterocycles. The number of H-pyrrole nitrogens is 1. The molecule has 1 aliphatic rings. The van der Waals surface area contributed by atoms with Crippen molar-refractivity contribution in [3.63, 3.8) is 0 Å². The van der Waals surface area contributed by atoms with Crippen molar-refractivity contribution in [2.75, 3.05) is 27.9 Å². The molecule has 0 radical (unpaired) electrons. The Bertz CT molecular complexity index is 866. The van der Waals surface area contributed by atoms with E-state index in [2.05, 4.69) is 15.3 Å². The lowest BCUT2D eigenvalue weighted by atomic mass is 9.95. The fourth-order valence-corrected chi connectivity index (χ4v) is 3.37. The molecule has 0 saturated carbocycles.